The molecule has 0 saturated carbocycles. The van der Waals surface area contributed by atoms with Gasteiger partial charge in [0.1, 0.15) is 0 Å². The fraction of sp³-hybridized carbons (Fsp3) is 0.273. The fourth-order valence-corrected chi connectivity index (χ4v) is 2.78. The number of hydrogen-bond acceptors (Lipinski definition) is 3. The third kappa shape index (κ3) is 3.41. The monoisotopic (exact) mass is 313 g/mol. The Morgan fingerprint density at radius 3 is 3.06 bits per heavy atom. The number of nitrogens with zero attached hydrogens (tertiary/aromatic N) is 2. The van der Waals surface area contributed by atoms with E-state index >= 15 is 0 Å². The second-order valence-corrected chi connectivity index (χ2v) is 6.20. The predicted octanol–water partition coefficient (Wildman–Crippen LogP) is 2.53. The molecule has 0 aliphatic rings. The van der Waals surface area contributed by atoms with Crippen molar-refractivity contribution in [2.75, 3.05) is 0 Å². The molecular formula is C11H12BrN3OS. The number of rotatable bonds is 4. The van der Waals surface area contributed by atoms with Crippen LogP contribution in [0.25, 0.3) is 0 Å². The van der Waals surface area contributed by atoms with Crippen molar-refractivity contribution < 1.29 is 4.79 Å². The van der Waals surface area contributed by atoms with Crippen LogP contribution < -0.4 is 5.32 Å². The maximum absolute atomic E-state index is 11.9. The number of aromatic nitrogens is 2. The quantitative estimate of drug-likeness (QED) is 0.943. The summed E-state index contributed by atoms with van der Waals surface area (Å²) < 4.78 is 2.90. The third-order valence-corrected chi connectivity index (χ3v) is 3.84. The Hall–Kier alpha value is -1.14. The van der Waals surface area contributed by atoms with Gasteiger partial charge in [-0.05, 0) is 35.0 Å². The lowest BCUT2D eigenvalue weighted by Gasteiger charge is -2.13. The van der Waals surface area contributed by atoms with E-state index in [4.69, 9.17) is 0 Å². The van der Waals surface area contributed by atoms with E-state index in [1.54, 1.807) is 12.5 Å². The van der Waals surface area contributed by atoms with Crippen LogP contribution in [0, 0.1) is 0 Å². The van der Waals surface area contributed by atoms with Crippen molar-refractivity contribution >= 4 is 33.2 Å². The van der Waals surface area contributed by atoms with Gasteiger partial charge in [0, 0.05) is 25.0 Å². The van der Waals surface area contributed by atoms with Crippen molar-refractivity contribution in [1.82, 2.24) is 14.9 Å². The van der Waals surface area contributed by atoms with Crippen LogP contribution in [0.5, 0.6) is 0 Å². The molecule has 0 fully saturated rings. The molecule has 0 aromatic carbocycles. The second-order valence-electron chi connectivity index (χ2n) is 3.74. The van der Waals surface area contributed by atoms with Gasteiger partial charge in [0.15, 0.2) is 0 Å². The SMILES string of the molecule is C[C@H](Cn1ccnc1)NC(=O)c1ccc(Br)s1. The molecule has 0 aliphatic heterocycles. The smallest absolute Gasteiger partial charge is 0.261 e. The van der Waals surface area contributed by atoms with Crippen molar-refractivity contribution in [3.05, 3.63) is 39.5 Å². The lowest BCUT2D eigenvalue weighted by molar-refractivity contribution is 0.0941. The highest BCUT2D eigenvalue weighted by molar-refractivity contribution is 9.11. The highest BCUT2D eigenvalue weighted by Crippen LogP contribution is 2.21. The minimum Gasteiger partial charge on any atom is -0.347 e. The number of imidazole rings is 1. The minimum absolute atomic E-state index is 0.0340. The summed E-state index contributed by atoms with van der Waals surface area (Å²) in [5.41, 5.74) is 0. The van der Waals surface area contributed by atoms with E-state index < -0.39 is 0 Å². The van der Waals surface area contributed by atoms with Crippen LogP contribution in [0.3, 0.4) is 0 Å². The first-order valence-corrected chi connectivity index (χ1v) is 6.78. The van der Waals surface area contributed by atoms with E-state index in [0.29, 0.717) is 4.88 Å². The maximum atomic E-state index is 11.9. The largest absolute Gasteiger partial charge is 0.347 e. The first kappa shape index (κ1) is 12.3. The molecule has 90 valence electrons. The van der Waals surface area contributed by atoms with E-state index in [1.807, 2.05) is 29.8 Å². The predicted molar refractivity (Wildman–Crippen MR) is 71.2 cm³/mol. The van der Waals surface area contributed by atoms with Gasteiger partial charge in [0.05, 0.1) is 15.0 Å². The standard InChI is InChI=1S/C11H12BrN3OS/c1-8(6-15-5-4-13-7-15)14-11(16)9-2-3-10(12)17-9/h2-5,7-8H,6H2,1H3,(H,14,16)/t8-/m1/s1. The van der Waals surface area contributed by atoms with E-state index in [1.165, 1.54) is 11.3 Å². The number of carbonyl (C=O) groups excluding carboxylic acids is 1. The molecule has 0 spiro atoms. The maximum Gasteiger partial charge on any atom is 0.261 e. The molecule has 6 heteroatoms. The van der Waals surface area contributed by atoms with Crippen molar-refractivity contribution in [3.63, 3.8) is 0 Å². The molecule has 17 heavy (non-hydrogen) atoms. The van der Waals surface area contributed by atoms with Crippen molar-refractivity contribution in [2.24, 2.45) is 0 Å². The van der Waals surface area contributed by atoms with E-state index in [9.17, 15) is 4.79 Å². The highest BCUT2D eigenvalue weighted by atomic mass is 79.9. The molecule has 2 aromatic heterocycles. The van der Waals surface area contributed by atoms with Gasteiger partial charge < -0.3 is 9.88 Å². The molecular weight excluding hydrogens is 302 g/mol. The fourth-order valence-electron chi connectivity index (χ4n) is 1.49. The molecule has 1 amide bonds. The van der Waals surface area contributed by atoms with Crippen LogP contribution in [-0.4, -0.2) is 21.5 Å². The number of thiophene rings is 1. The lowest BCUT2D eigenvalue weighted by Crippen LogP contribution is -2.35. The first-order valence-electron chi connectivity index (χ1n) is 5.17. The molecule has 0 unspecified atom stereocenters. The van der Waals surface area contributed by atoms with Gasteiger partial charge in [0.2, 0.25) is 0 Å². The Labute approximate surface area is 112 Å². The average molecular weight is 314 g/mol. The van der Waals surface area contributed by atoms with Crippen molar-refractivity contribution in [1.29, 1.82) is 0 Å². The van der Waals surface area contributed by atoms with Gasteiger partial charge in [-0.25, -0.2) is 4.98 Å². The Kier molecular flexibility index (Phi) is 3.96. The van der Waals surface area contributed by atoms with Gasteiger partial charge >= 0.3 is 0 Å². The van der Waals surface area contributed by atoms with Crippen molar-refractivity contribution in [2.45, 2.75) is 19.5 Å². The Morgan fingerprint density at radius 2 is 2.47 bits per heavy atom. The van der Waals surface area contributed by atoms with E-state index in [-0.39, 0.29) is 11.9 Å². The molecule has 2 heterocycles. The summed E-state index contributed by atoms with van der Waals surface area (Å²) in [4.78, 5) is 16.5. The summed E-state index contributed by atoms with van der Waals surface area (Å²) in [5.74, 6) is -0.0340. The summed E-state index contributed by atoms with van der Waals surface area (Å²) in [5, 5.41) is 2.95. The highest BCUT2D eigenvalue weighted by Gasteiger charge is 2.11. The molecule has 2 aromatic rings. The minimum atomic E-state index is -0.0340. The van der Waals surface area contributed by atoms with Gasteiger partial charge in [0.25, 0.3) is 5.91 Å². The summed E-state index contributed by atoms with van der Waals surface area (Å²) in [7, 11) is 0. The zero-order chi connectivity index (χ0) is 12.3. The van der Waals surface area contributed by atoms with Gasteiger partial charge in [-0.1, -0.05) is 0 Å². The number of nitrogens with one attached hydrogen (secondary N) is 1. The Bertz CT molecular complexity index is 495. The molecule has 0 saturated heterocycles. The Balaban J connectivity index is 1.90. The number of amides is 1. The van der Waals surface area contributed by atoms with Gasteiger partial charge in [-0.15, -0.1) is 11.3 Å². The van der Waals surface area contributed by atoms with Crippen LogP contribution in [0.15, 0.2) is 34.6 Å². The number of halogens is 1. The molecule has 4 nitrogen and oxygen atoms in total. The van der Waals surface area contributed by atoms with E-state index in [2.05, 4.69) is 26.2 Å². The number of hydrogen-bond donors (Lipinski definition) is 1. The summed E-state index contributed by atoms with van der Waals surface area (Å²) in [6.07, 6.45) is 5.35. The lowest BCUT2D eigenvalue weighted by atomic mass is 10.3. The van der Waals surface area contributed by atoms with Crippen LogP contribution >= 0.6 is 27.3 Å². The Morgan fingerprint density at radius 1 is 1.65 bits per heavy atom. The second kappa shape index (κ2) is 5.46. The first-order chi connectivity index (χ1) is 8.15. The van der Waals surface area contributed by atoms with Crippen LogP contribution in [-0.2, 0) is 6.54 Å². The average Bonchev–Trinajstić information content (AvgIpc) is 2.89. The topological polar surface area (TPSA) is 46.9 Å². The van der Waals surface area contributed by atoms with E-state index in [0.717, 1.165) is 10.3 Å². The molecule has 0 radical (unpaired) electrons. The summed E-state index contributed by atoms with van der Waals surface area (Å²) >= 11 is 4.77. The van der Waals surface area contributed by atoms with Crippen molar-refractivity contribution in [3.8, 4) is 0 Å². The van der Waals surface area contributed by atoms with Gasteiger partial charge in [-0.3, -0.25) is 4.79 Å². The molecule has 2 rings (SSSR count). The summed E-state index contributed by atoms with van der Waals surface area (Å²) in [6, 6.07) is 3.76. The summed E-state index contributed by atoms with van der Waals surface area (Å²) in [6.45, 7) is 2.69. The molecule has 1 N–H and O–H groups in total. The molecule has 0 aliphatic carbocycles. The zero-order valence-electron chi connectivity index (χ0n) is 9.26. The zero-order valence-corrected chi connectivity index (χ0v) is 11.7. The van der Waals surface area contributed by atoms with Gasteiger partial charge in [-0.2, -0.15) is 0 Å². The van der Waals surface area contributed by atoms with Crippen LogP contribution in [0.2, 0.25) is 0 Å². The third-order valence-electron chi connectivity index (χ3n) is 2.22. The molecule has 1 atom stereocenters. The van der Waals surface area contributed by atoms with Crippen LogP contribution in [0.1, 0.15) is 16.6 Å². The van der Waals surface area contributed by atoms with Crippen LogP contribution in [0.4, 0.5) is 0 Å². The molecule has 0 bridgehead atoms. The normalized spacial score (nSPS) is 12.4. The number of carbonyl (C=O) groups is 1.